The Morgan fingerprint density at radius 2 is 1.40 bits per heavy atom. The van der Waals surface area contributed by atoms with E-state index in [1.165, 1.54) is 0 Å². The minimum absolute atomic E-state index is 0. The second-order valence-corrected chi connectivity index (χ2v) is 3.20. The molecule has 0 unspecified atom stereocenters. The Hall–Kier alpha value is 1.71. The van der Waals surface area contributed by atoms with Crippen molar-refractivity contribution < 1.29 is 11.9 Å². The van der Waals surface area contributed by atoms with Crippen LogP contribution in [-0.2, 0) is 7.58 Å². The molecule has 0 fully saturated rings. The Morgan fingerprint density at radius 3 is 1.60 bits per heavy atom. The topological polar surface area (TPSA) is 18.5 Å². The molecule has 0 aliphatic rings. The van der Waals surface area contributed by atoms with E-state index in [-0.39, 0.29) is 57.9 Å². The summed E-state index contributed by atoms with van der Waals surface area (Å²) in [4.78, 5) is 0. The maximum Gasteiger partial charge on any atom is 2.00 e. The number of hydrogen-bond donors (Lipinski definition) is 0. The zero-order valence-corrected chi connectivity index (χ0v) is 10.6. The van der Waals surface area contributed by atoms with Crippen molar-refractivity contribution in [3.8, 4) is 0 Å². The molecule has 0 amide bonds. The zero-order valence-electron chi connectivity index (χ0n) is 9.26. The molecule has 0 atom stereocenters. The first-order valence-electron chi connectivity index (χ1n) is 3.25. The van der Waals surface area contributed by atoms with Crippen molar-refractivity contribution in [1.82, 2.24) is 0 Å². The van der Waals surface area contributed by atoms with Gasteiger partial charge in [0, 0.05) is 13.6 Å². The second kappa shape index (κ2) is 8.81. The first-order valence-corrected chi connectivity index (χ1v) is 4.20. The van der Waals surface area contributed by atoms with Crippen LogP contribution in [0, 0.1) is 0 Å². The van der Waals surface area contributed by atoms with E-state index in [0.717, 1.165) is 0 Å². The van der Waals surface area contributed by atoms with E-state index in [1.807, 2.05) is 27.7 Å². The summed E-state index contributed by atoms with van der Waals surface area (Å²) in [6.07, 6.45) is 0.609. The Labute approximate surface area is 104 Å². The van der Waals surface area contributed by atoms with Crippen LogP contribution in [0.5, 0.6) is 0 Å². The van der Waals surface area contributed by atoms with Crippen LogP contribution in [0.1, 0.15) is 32.0 Å². The van der Waals surface area contributed by atoms with Crippen molar-refractivity contribution in [2.45, 2.75) is 39.9 Å². The molecular formula is C6H18AlCaO2. The average Bonchev–Trinajstić information content (AvgIpc) is 1.63. The fourth-order valence-corrected chi connectivity index (χ4v) is 0.763. The van der Waals surface area contributed by atoms with E-state index in [1.54, 1.807) is 0 Å². The van der Waals surface area contributed by atoms with Crippen molar-refractivity contribution >= 4 is 53.6 Å². The first kappa shape index (κ1) is 14.2. The molecular weight excluding hydrogens is 171 g/mol. The summed E-state index contributed by atoms with van der Waals surface area (Å²) >= 11 is -0.245. The molecule has 0 aromatic carbocycles. The third kappa shape index (κ3) is 12.4. The van der Waals surface area contributed by atoms with Gasteiger partial charge in [0.15, 0.2) is 0 Å². The number of hydrogen-bond acceptors (Lipinski definition) is 2. The molecule has 0 bridgehead atoms. The molecule has 0 spiro atoms. The van der Waals surface area contributed by atoms with Gasteiger partial charge >= 0.3 is 53.6 Å². The molecule has 0 heterocycles. The standard InChI is InChI=1S/2C3H7O.Al.Ca.H2.2H/c2*1-3(2)4;;;;;/h2*3H,1-2H3;;;1H;;/q2*-1;2*+2;;2*-1. The van der Waals surface area contributed by atoms with E-state index in [9.17, 15) is 0 Å². The van der Waals surface area contributed by atoms with Gasteiger partial charge in [-0.2, -0.15) is 0 Å². The molecule has 2 nitrogen and oxygen atoms in total. The summed E-state index contributed by atoms with van der Waals surface area (Å²) in [6, 6.07) is 0. The van der Waals surface area contributed by atoms with Gasteiger partial charge < -0.3 is 10.4 Å². The molecule has 1 radical (unpaired) electrons. The third-order valence-electron chi connectivity index (χ3n) is 0.655. The van der Waals surface area contributed by atoms with Gasteiger partial charge in [-0.3, -0.25) is 0 Å². The normalized spacial score (nSPS) is 9.80. The van der Waals surface area contributed by atoms with Crippen molar-refractivity contribution in [3.05, 3.63) is 0 Å². The van der Waals surface area contributed by atoms with Crippen LogP contribution in [0.25, 0.3) is 0 Å². The predicted octanol–water partition coefficient (Wildman–Crippen LogP) is 1.46. The van der Waals surface area contributed by atoms with Crippen molar-refractivity contribution in [3.63, 3.8) is 0 Å². The molecule has 0 aliphatic carbocycles. The quantitative estimate of drug-likeness (QED) is 0.623. The monoisotopic (exact) mass is 189 g/mol. The molecule has 0 rings (SSSR count). The fraction of sp³-hybridized carbons (Fsp3) is 1.00. The van der Waals surface area contributed by atoms with Gasteiger partial charge in [0.25, 0.3) is 0 Å². The van der Waals surface area contributed by atoms with Crippen LogP contribution in [0.4, 0.5) is 0 Å². The molecule has 0 N–H and O–H groups in total. The van der Waals surface area contributed by atoms with Gasteiger partial charge in [0.2, 0.25) is 0 Å². The molecule has 0 aliphatic heterocycles. The molecule has 10 heavy (non-hydrogen) atoms. The van der Waals surface area contributed by atoms with Gasteiger partial charge in [0.05, 0.1) is 0 Å². The molecule has 0 saturated heterocycles. The zero-order chi connectivity index (χ0) is 7.28. The molecule has 4 heteroatoms. The minimum atomic E-state index is -0.245. The Morgan fingerprint density at radius 1 is 1.10 bits per heavy atom. The van der Waals surface area contributed by atoms with E-state index >= 15 is 0 Å². The van der Waals surface area contributed by atoms with Gasteiger partial charge in [-0.05, 0) is 27.7 Å². The smallest absolute Gasteiger partial charge is 1.00 e. The second-order valence-electron chi connectivity index (χ2n) is 2.47. The van der Waals surface area contributed by atoms with Gasteiger partial charge in [-0.1, -0.05) is 0 Å². The number of rotatable bonds is 4. The van der Waals surface area contributed by atoms with E-state index in [0.29, 0.717) is 12.2 Å². The van der Waals surface area contributed by atoms with Crippen LogP contribution < -0.4 is 0 Å². The molecule has 0 aromatic heterocycles. The summed E-state index contributed by atoms with van der Waals surface area (Å²) in [5.41, 5.74) is 0. The predicted molar refractivity (Wildman–Crippen MR) is 48.3 cm³/mol. The summed E-state index contributed by atoms with van der Waals surface area (Å²) in [7, 11) is 0. The summed E-state index contributed by atoms with van der Waals surface area (Å²) in [5, 5.41) is 0. The van der Waals surface area contributed by atoms with Gasteiger partial charge in [-0.25, -0.2) is 0 Å². The molecule has 0 aromatic rings. The largest absolute Gasteiger partial charge is 2.00 e. The maximum absolute atomic E-state index is 5.21. The van der Waals surface area contributed by atoms with Crippen LogP contribution in [-0.4, -0.2) is 65.8 Å². The van der Waals surface area contributed by atoms with E-state index in [2.05, 4.69) is 0 Å². The Balaban J connectivity index is -0.0000000533. The molecule has 59 valence electrons. The summed E-state index contributed by atoms with van der Waals surface area (Å²) in [5.74, 6) is 0. The SMILES string of the molecule is CC(C)[O][Al][O]C(C)C.[Ca+2].[H-].[H-].[HH]. The summed E-state index contributed by atoms with van der Waals surface area (Å²) in [6.45, 7) is 8.04. The van der Waals surface area contributed by atoms with Crippen molar-refractivity contribution in [2.24, 2.45) is 0 Å². The third-order valence-corrected chi connectivity index (χ3v) is 1.97. The van der Waals surface area contributed by atoms with Crippen LogP contribution in [0.3, 0.4) is 0 Å². The van der Waals surface area contributed by atoms with Gasteiger partial charge in [0.1, 0.15) is 0 Å². The minimum Gasteiger partial charge on any atom is -1.00 e. The van der Waals surface area contributed by atoms with Crippen LogP contribution in [0.15, 0.2) is 0 Å². The average molecular weight is 189 g/mol. The van der Waals surface area contributed by atoms with E-state index < -0.39 is 0 Å². The van der Waals surface area contributed by atoms with Crippen LogP contribution in [0.2, 0.25) is 0 Å². The fourth-order valence-electron chi connectivity index (χ4n) is 0.254. The summed E-state index contributed by atoms with van der Waals surface area (Å²) < 4.78 is 10.4. The Kier molecular flexibility index (Phi) is 12.5. The first-order chi connectivity index (χ1) is 4.13. The maximum atomic E-state index is 5.21. The van der Waals surface area contributed by atoms with Crippen molar-refractivity contribution in [1.29, 1.82) is 0 Å². The molecule has 0 saturated carbocycles. The van der Waals surface area contributed by atoms with E-state index in [4.69, 9.17) is 7.58 Å². The van der Waals surface area contributed by atoms with Crippen LogP contribution >= 0.6 is 0 Å². The van der Waals surface area contributed by atoms with Gasteiger partial charge in [-0.15, -0.1) is 0 Å². The van der Waals surface area contributed by atoms with Crippen molar-refractivity contribution in [2.75, 3.05) is 0 Å². The Bertz CT molecular complexity index is 70.9.